The molecule has 0 aliphatic carbocycles. The van der Waals surface area contributed by atoms with Gasteiger partial charge in [-0.2, -0.15) is 0 Å². The normalized spacial score (nSPS) is 16.6. The molecule has 0 N–H and O–H groups in total. The summed E-state index contributed by atoms with van der Waals surface area (Å²) >= 11 is 0. The van der Waals surface area contributed by atoms with E-state index in [0.717, 1.165) is 24.2 Å². The zero-order chi connectivity index (χ0) is 10.1. The van der Waals surface area contributed by atoms with Gasteiger partial charge in [0, 0.05) is 18.7 Å². The average Bonchev–Trinajstić information content (AvgIpc) is 2.12. The number of aryl methyl sites for hydroxylation is 1. The minimum Gasteiger partial charge on any atom is -0.338 e. The summed E-state index contributed by atoms with van der Waals surface area (Å²) in [6, 6.07) is 7.78. The first kappa shape index (κ1) is 9.25. The monoisotopic (exact) mass is 189 g/mol. The Morgan fingerprint density at radius 1 is 1.43 bits per heavy atom. The van der Waals surface area contributed by atoms with Crippen molar-refractivity contribution in [2.24, 2.45) is 5.92 Å². The summed E-state index contributed by atoms with van der Waals surface area (Å²) in [7, 11) is 0. The first-order valence-electron chi connectivity index (χ1n) is 5.03. The van der Waals surface area contributed by atoms with E-state index in [4.69, 9.17) is 0 Å². The average molecular weight is 189 g/mol. The quantitative estimate of drug-likeness (QED) is 0.662. The van der Waals surface area contributed by atoms with Gasteiger partial charge in [0.25, 0.3) is 5.91 Å². The Kier molecular flexibility index (Phi) is 2.28. The smallest absolute Gasteiger partial charge is 0.253 e. The molecule has 1 amide bonds. The van der Waals surface area contributed by atoms with Crippen LogP contribution in [0, 0.1) is 12.8 Å². The molecular weight excluding hydrogens is 174 g/mol. The summed E-state index contributed by atoms with van der Waals surface area (Å²) in [6.45, 7) is 6.00. The van der Waals surface area contributed by atoms with Crippen LogP contribution < -0.4 is 0 Å². The summed E-state index contributed by atoms with van der Waals surface area (Å²) in [6.07, 6.45) is 0. The second-order valence-electron chi connectivity index (χ2n) is 4.18. The van der Waals surface area contributed by atoms with Crippen molar-refractivity contribution in [3.63, 3.8) is 0 Å². The van der Waals surface area contributed by atoms with E-state index in [1.54, 1.807) is 0 Å². The maximum atomic E-state index is 11.9. The van der Waals surface area contributed by atoms with Gasteiger partial charge in [-0.1, -0.05) is 24.6 Å². The molecule has 0 atom stereocenters. The predicted molar refractivity (Wildman–Crippen MR) is 56.2 cm³/mol. The minimum absolute atomic E-state index is 0.173. The lowest BCUT2D eigenvalue weighted by atomic mass is 10.0. The van der Waals surface area contributed by atoms with Crippen molar-refractivity contribution < 1.29 is 4.79 Å². The van der Waals surface area contributed by atoms with Crippen LogP contribution in [0.2, 0.25) is 0 Å². The van der Waals surface area contributed by atoms with Crippen molar-refractivity contribution in [3.05, 3.63) is 35.4 Å². The van der Waals surface area contributed by atoms with Gasteiger partial charge in [-0.3, -0.25) is 4.79 Å². The van der Waals surface area contributed by atoms with Gasteiger partial charge in [0.1, 0.15) is 0 Å². The number of amides is 1. The molecule has 1 aromatic rings. The molecule has 74 valence electrons. The molecule has 1 aromatic carbocycles. The number of carbonyl (C=O) groups is 1. The molecule has 0 saturated carbocycles. The van der Waals surface area contributed by atoms with Crippen LogP contribution in [0.15, 0.2) is 24.3 Å². The summed E-state index contributed by atoms with van der Waals surface area (Å²) in [5.41, 5.74) is 1.96. The summed E-state index contributed by atoms with van der Waals surface area (Å²) < 4.78 is 0. The lowest BCUT2D eigenvalue weighted by molar-refractivity contribution is 0.0530. The molecule has 1 saturated heterocycles. The molecule has 0 radical (unpaired) electrons. The van der Waals surface area contributed by atoms with E-state index >= 15 is 0 Å². The third-order valence-electron chi connectivity index (χ3n) is 2.62. The van der Waals surface area contributed by atoms with Crippen molar-refractivity contribution in [2.45, 2.75) is 13.8 Å². The number of nitrogens with zero attached hydrogens (tertiary/aromatic N) is 1. The predicted octanol–water partition coefficient (Wildman–Crippen LogP) is 2.09. The van der Waals surface area contributed by atoms with Gasteiger partial charge < -0.3 is 4.90 Å². The summed E-state index contributed by atoms with van der Waals surface area (Å²) in [5, 5.41) is 0. The largest absolute Gasteiger partial charge is 0.338 e. The molecule has 14 heavy (non-hydrogen) atoms. The molecule has 1 aliphatic rings. The Hall–Kier alpha value is -1.31. The molecule has 0 aromatic heterocycles. The fraction of sp³-hybridized carbons (Fsp3) is 0.417. The molecule has 2 heteroatoms. The van der Waals surface area contributed by atoms with Gasteiger partial charge in [0.2, 0.25) is 0 Å². The molecule has 0 spiro atoms. The Balaban J connectivity index is 2.12. The van der Waals surface area contributed by atoms with Gasteiger partial charge in [-0.25, -0.2) is 0 Å². The van der Waals surface area contributed by atoms with E-state index in [0.29, 0.717) is 5.92 Å². The number of rotatable bonds is 1. The van der Waals surface area contributed by atoms with E-state index in [9.17, 15) is 4.79 Å². The summed E-state index contributed by atoms with van der Waals surface area (Å²) in [4.78, 5) is 13.8. The highest BCUT2D eigenvalue weighted by molar-refractivity contribution is 5.94. The zero-order valence-corrected chi connectivity index (χ0v) is 8.66. The molecule has 0 unspecified atom stereocenters. The van der Waals surface area contributed by atoms with E-state index < -0.39 is 0 Å². The molecular formula is C12H15NO. The number of benzene rings is 1. The highest BCUT2D eigenvalue weighted by atomic mass is 16.2. The maximum absolute atomic E-state index is 11.9. The number of likely N-dealkylation sites (tertiary alicyclic amines) is 1. The van der Waals surface area contributed by atoms with Gasteiger partial charge in [-0.05, 0) is 25.0 Å². The van der Waals surface area contributed by atoms with Crippen molar-refractivity contribution in [3.8, 4) is 0 Å². The number of carbonyl (C=O) groups excluding carboxylic acids is 1. The van der Waals surface area contributed by atoms with Crippen LogP contribution in [0.4, 0.5) is 0 Å². The Labute approximate surface area is 84.5 Å². The Morgan fingerprint density at radius 2 is 2.14 bits per heavy atom. The van der Waals surface area contributed by atoms with Crippen molar-refractivity contribution in [1.29, 1.82) is 0 Å². The maximum Gasteiger partial charge on any atom is 0.253 e. The van der Waals surface area contributed by atoms with Crippen molar-refractivity contribution in [1.82, 2.24) is 4.90 Å². The molecule has 2 nitrogen and oxygen atoms in total. The first-order valence-corrected chi connectivity index (χ1v) is 5.03. The second-order valence-corrected chi connectivity index (χ2v) is 4.18. The van der Waals surface area contributed by atoms with Crippen molar-refractivity contribution in [2.75, 3.05) is 13.1 Å². The number of hydrogen-bond acceptors (Lipinski definition) is 1. The highest BCUT2D eigenvalue weighted by Gasteiger charge is 2.27. The van der Waals surface area contributed by atoms with Crippen molar-refractivity contribution >= 4 is 5.91 Å². The van der Waals surface area contributed by atoms with Crippen LogP contribution in [0.5, 0.6) is 0 Å². The van der Waals surface area contributed by atoms with Crippen LogP contribution in [0.3, 0.4) is 0 Å². The third-order valence-corrected chi connectivity index (χ3v) is 2.62. The molecule has 1 heterocycles. The Morgan fingerprint density at radius 3 is 2.71 bits per heavy atom. The first-order chi connectivity index (χ1) is 6.66. The lowest BCUT2D eigenvalue weighted by Gasteiger charge is -2.37. The summed E-state index contributed by atoms with van der Waals surface area (Å²) in [5.74, 6) is 0.843. The van der Waals surface area contributed by atoms with Crippen LogP contribution >= 0.6 is 0 Å². The zero-order valence-electron chi connectivity index (χ0n) is 8.66. The fourth-order valence-electron chi connectivity index (χ4n) is 1.83. The highest BCUT2D eigenvalue weighted by Crippen LogP contribution is 2.18. The lowest BCUT2D eigenvalue weighted by Crippen LogP contribution is -2.48. The van der Waals surface area contributed by atoms with Gasteiger partial charge >= 0.3 is 0 Å². The molecule has 2 rings (SSSR count). The molecule has 1 fully saturated rings. The van der Waals surface area contributed by atoms with E-state index in [1.165, 1.54) is 0 Å². The molecule has 0 bridgehead atoms. The van der Waals surface area contributed by atoms with Crippen LogP contribution in [0.25, 0.3) is 0 Å². The van der Waals surface area contributed by atoms with Crippen LogP contribution in [0.1, 0.15) is 22.8 Å². The van der Waals surface area contributed by atoms with E-state index in [2.05, 4.69) is 6.92 Å². The molecule has 1 aliphatic heterocycles. The minimum atomic E-state index is 0.173. The SMILES string of the molecule is Cc1cccc(C(=O)N2CC(C)C2)c1. The standard InChI is InChI=1S/C12H15NO/c1-9-4-3-5-11(6-9)12(14)13-7-10(2)8-13/h3-6,10H,7-8H2,1-2H3. The van der Waals surface area contributed by atoms with E-state index in [1.807, 2.05) is 36.1 Å². The van der Waals surface area contributed by atoms with Crippen LogP contribution in [-0.2, 0) is 0 Å². The van der Waals surface area contributed by atoms with Gasteiger partial charge in [-0.15, -0.1) is 0 Å². The Bertz CT molecular complexity index is 353. The number of hydrogen-bond donors (Lipinski definition) is 0. The topological polar surface area (TPSA) is 20.3 Å². The van der Waals surface area contributed by atoms with Gasteiger partial charge in [0.15, 0.2) is 0 Å². The van der Waals surface area contributed by atoms with Gasteiger partial charge in [0.05, 0.1) is 0 Å². The fourth-order valence-corrected chi connectivity index (χ4v) is 1.83. The van der Waals surface area contributed by atoms with Crippen LogP contribution in [-0.4, -0.2) is 23.9 Å². The second kappa shape index (κ2) is 3.45. The third kappa shape index (κ3) is 1.65. The van der Waals surface area contributed by atoms with E-state index in [-0.39, 0.29) is 5.91 Å².